The number of hydrogen-bond donors (Lipinski definition) is 1. The van der Waals surface area contributed by atoms with Crippen molar-refractivity contribution < 1.29 is 14.6 Å². The number of Topliss-reactive ketones (excluding diaryl/α,β-unsaturated/α-hetero) is 1. The number of methoxy groups -OCH3 is 1. The minimum Gasteiger partial charge on any atom is -0.504 e. The lowest BCUT2D eigenvalue weighted by Gasteiger charge is -2.11. The molecule has 1 aromatic rings. The molecule has 3 nitrogen and oxygen atoms in total. The smallest absolute Gasteiger partial charge is 0.169 e. The predicted molar refractivity (Wildman–Crippen MR) is 57.1 cm³/mol. The van der Waals surface area contributed by atoms with Crippen LogP contribution < -0.4 is 4.74 Å². The van der Waals surface area contributed by atoms with Crippen LogP contribution in [-0.4, -0.2) is 18.0 Å². The molecule has 1 N–H and O–H groups in total. The average Bonchev–Trinajstić information content (AvgIpc) is 2.11. The molecule has 0 aliphatic rings. The van der Waals surface area contributed by atoms with Gasteiger partial charge in [-0.25, -0.2) is 0 Å². The SMILES string of the molecule is COc1cc(C)c(Br)c(C(C)=O)c1O. The summed E-state index contributed by atoms with van der Waals surface area (Å²) in [5.74, 6) is 0.00440. The summed E-state index contributed by atoms with van der Waals surface area (Å²) in [4.78, 5) is 11.3. The van der Waals surface area contributed by atoms with Crippen LogP contribution in [0.3, 0.4) is 0 Å². The first-order valence-corrected chi connectivity index (χ1v) is 4.85. The molecule has 0 aliphatic carbocycles. The predicted octanol–water partition coefficient (Wildman–Crippen LogP) is 2.67. The maximum atomic E-state index is 11.3. The van der Waals surface area contributed by atoms with Crippen LogP contribution in [-0.2, 0) is 0 Å². The number of hydrogen-bond acceptors (Lipinski definition) is 3. The largest absolute Gasteiger partial charge is 0.504 e. The third kappa shape index (κ3) is 1.75. The second kappa shape index (κ2) is 4.00. The molecule has 0 fully saturated rings. The van der Waals surface area contributed by atoms with Crippen molar-refractivity contribution in [2.45, 2.75) is 13.8 Å². The highest BCUT2D eigenvalue weighted by Crippen LogP contribution is 2.37. The summed E-state index contributed by atoms with van der Waals surface area (Å²) < 4.78 is 5.56. The van der Waals surface area contributed by atoms with Crippen LogP contribution >= 0.6 is 15.9 Å². The van der Waals surface area contributed by atoms with E-state index in [1.54, 1.807) is 6.07 Å². The molecule has 14 heavy (non-hydrogen) atoms. The fourth-order valence-electron chi connectivity index (χ4n) is 1.23. The minimum absolute atomic E-state index is 0.113. The lowest BCUT2D eigenvalue weighted by Crippen LogP contribution is -1.98. The Bertz CT molecular complexity index is 385. The number of benzene rings is 1. The molecule has 0 aromatic heterocycles. The molecular weight excluding hydrogens is 248 g/mol. The van der Waals surface area contributed by atoms with Crippen LogP contribution in [0.5, 0.6) is 11.5 Å². The fraction of sp³-hybridized carbons (Fsp3) is 0.300. The summed E-state index contributed by atoms with van der Waals surface area (Å²) in [7, 11) is 1.45. The molecule has 0 saturated carbocycles. The molecule has 0 atom stereocenters. The van der Waals surface area contributed by atoms with Crippen LogP contribution in [0.4, 0.5) is 0 Å². The molecule has 0 bridgehead atoms. The molecule has 0 spiro atoms. The Morgan fingerprint density at radius 2 is 2.14 bits per heavy atom. The zero-order valence-electron chi connectivity index (χ0n) is 8.22. The zero-order chi connectivity index (χ0) is 10.9. The first kappa shape index (κ1) is 11.0. The van der Waals surface area contributed by atoms with E-state index in [0.29, 0.717) is 10.2 Å². The number of ketones is 1. The Labute approximate surface area is 90.8 Å². The number of halogens is 1. The maximum Gasteiger partial charge on any atom is 0.169 e. The van der Waals surface area contributed by atoms with Crippen molar-refractivity contribution >= 4 is 21.7 Å². The van der Waals surface area contributed by atoms with E-state index in [9.17, 15) is 9.90 Å². The number of carbonyl (C=O) groups excluding carboxylic acids is 1. The normalized spacial score (nSPS) is 10.0. The molecule has 0 amide bonds. The number of aromatic hydroxyl groups is 1. The lowest BCUT2D eigenvalue weighted by atomic mass is 10.1. The van der Waals surface area contributed by atoms with Gasteiger partial charge >= 0.3 is 0 Å². The molecule has 0 radical (unpaired) electrons. The van der Waals surface area contributed by atoms with Gasteiger partial charge in [-0.1, -0.05) is 0 Å². The molecular formula is C10H11BrO3. The summed E-state index contributed by atoms with van der Waals surface area (Å²) >= 11 is 3.26. The first-order chi connectivity index (χ1) is 6.49. The van der Waals surface area contributed by atoms with E-state index < -0.39 is 0 Å². The highest BCUT2D eigenvalue weighted by molar-refractivity contribution is 9.10. The zero-order valence-corrected chi connectivity index (χ0v) is 9.81. The topological polar surface area (TPSA) is 46.5 Å². The van der Waals surface area contributed by atoms with Gasteiger partial charge in [-0.05, 0) is 41.4 Å². The Morgan fingerprint density at radius 1 is 1.57 bits per heavy atom. The van der Waals surface area contributed by atoms with Gasteiger partial charge in [0, 0.05) is 4.47 Å². The second-order valence-electron chi connectivity index (χ2n) is 2.99. The van der Waals surface area contributed by atoms with Gasteiger partial charge in [-0.2, -0.15) is 0 Å². The van der Waals surface area contributed by atoms with Gasteiger partial charge in [0.05, 0.1) is 12.7 Å². The van der Waals surface area contributed by atoms with Gasteiger partial charge in [0.1, 0.15) is 0 Å². The Kier molecular flexibility index (Phi) is 3.16. The van der Waals surface area contributed by atoms with Crippen LogP contribution in [0.25, 0.3) is 0 Å². The van der Waals surface area contributed by atoms with Crippen LogP contribution in [0.1, 0.15) is 22.8 Å². The summed E-state index contributed by atoms with van der Waals surface area (Å²) in [5, 5.41) is 9.69. The standard InChI is InChI=1S/C10H11BrO3/c1-5-4-7(14-3)10(13)8(6(2)12)9(5)11/h4,13H,1-3H3. The highest BCUT2D eigenvalue weighted by Gasteiger charge is 2.17. The highest BCUT2D eigenvalue weighted by atomic mass is 79.9. The van der Waals surface area contributed by atoms with Gasteiger partial charge in [-0.3, -0.25) is 4.79 Å². The van der Waals surface area contributed by atoms with Crippen LogP contribution in [0, 0.1) is 6.92 Å². The minimum atomic E-state index is -0.198. The Hall–Kier alpha value is -1.03. The number of phenolic OH excluding ortho intramolecular Hbond substituents is 1. The molecule has 1 rings (SSSR count). The van der Waals surface area contributed by atoms with E-state index in [1.165, 1.54) is 14.0 Å². The summed E-state index contributed by atoms with van der Waals surface area (Å²) in [6, 6.07) is 1.67. The first-order valence-electron chi connectivity index (χ1n) is 4.06. The quantitative estimate of drug-likeness (QED) is 0.830. The van der Waals surface area contributed by atoms with Gasteiger partial charge in [-0.15, -0.1) is 0 Å². The van der Waals surface area contributed by atoms with Crippen molar-refractivity contribution in [2.24, 2.45) is 0 Å². The third-order valence-electron chi connectivity index (χ3n) is 1.96. The molecule has 76 valence electrons. The molecule has 0 saturated heterocycles. The van der Waals surface area contributed by atoms with Crippen LogP contribution in [0.2, 0.25) is 0 Å². The number of ether oxygens (including phenoxy) is 1. The van der Waals surface area contributed by atoms with Gasteiger partial charge < -0.3 is 9.84 Å². The Morgan fingerprint density at radius 3 is 2.57 bits per heavy atom. The van der Waals surface area contributed by atoms with E-state index in [0.717, 1.165) is 5.56 Å². The van der Waals surface area contributed by atoms with E-state index in [4.69, 9.17) is 4.74 Å². The second-order valence-corrected chi connectivity index (χ2v) is 3.78. The maximum absolute atomic E-state index is 11.3. The summed E-state index contributed by atoms with van der Waals surface area (Å²) in [6.07, 6.45) is 0. The number of phenols is 1. The van der Waals surface area contributed by atoms with E-state index in [1.807, 2.05) is 6.92 Å². The Balaban J connectivity index is 3.53. The third-order valence-corrected chi connectivity index (χ3v) is 2.98. The number of rotatable bonds is 2. The van der Waals surface area contributed by atoms with Crippen molar-refractivity contribution in [1.82, 2.24) is 0 Å². The van der Waals surface area contributed by atoms with Crippen LogP contribution in [0.15, 0.2) is 10.5 Å². The monoisotopic (exact) mass is 258 g/mol. The van der Waals surface area contributed by atoms with Gasteiger partial charge in [0.2, 0.25) is 0 Å². The lowest BCUT2D eigenvalue weighted by molar-refractivity contribution is 0.101. The molecule has 1 aromatic carbocycles. The van der Waals surface area contributed by atoms with Crippen molar-refractivity contribution in [3.63, 3.8) is 0 Å². The van der Waals surface area contributed by atoms with Crippen molar-refractivity contribution in [2.75, 3.05) is 7.11 Å². The van der Waals surface area contributed by atoms with Gasteiger partial charge in [0.15, 0.2) is 17.3 Å². The van der Waals surface area contributed by atoms with E-state index in [2.05, 4.69) is 15.9 Å². The van der Waals surface area contributed by atoms with Crippen molar-refractivity contribution in [3.05, 3.63) is 21.7 Å². The van der Waals surface area contributed by atoms with Crippen molar-refractivity contribution in [3.8, 4) is 11.5 Å². The summed E-state index contributed by atoms with van der Waals surface area (Å²) in [5.41, 5.74) is 1.12. The molecule has 4 heteroatoms. The van der Waals surface area contributed by atoms with Crippen molar-refractivity contribution in [1.29, 1.82) is 0 Å². The molecule has 0 heterocycles. The molecule has 0 unspecified atom stereocenters. The van der Waals surface area contributed by atoms with Gasteiger partial charge in [0.25, 0.3) is 0 Å². The average molecular weight is 259 g/mol. The summed E-state index contributed by atoms with van der Waals surface area (Å²) in [6.45, 7) is 3.23. The fourth-order valence-corrected chi connectivity index (χ4v) is 1.81. The number of aryl methyl sites for hydroxylation is 1. The van der Waals surface area contributed by atoms with E-state index in [-0.39, 0.29) is 17.1 Å². The molecule has 0 aliphatic heterocycles. The number of carbonyl (C=O) groups is 1. The van der Waals surface area contributed by atoms with E-state index >= 15 is 0 Å².